The number of morpholine rings is 1. The molecule has 0 aromatic heterocycles. The van der Waals surface area contributed by atoms with E-state index in [2.05, 4.69) is 4.74 Å². The van der Waals surface area contributed by atoms with Gasteiger partial charge in [-0.25, -0.2) is 0 Å². The van der Waals surface area contributed by atoms with Crippen LogP contribution in [0.25, 0.3) is 0 Å². The normalized spacial score (nSPS) is 21.9. The van der Waals surface area contributed by atoms with Gasteiger partial charge in [-0.2, -0.15) is 0 Å². The largest absolute Gasteiger partial charge is 0.481 e. The van der Waals surface area contributed by atoms with Gasteiger partial charge in [0.1, 0.15) is 0 Å². The number of esters is 1. The number of hydrogen-bond donors (Lipinski definition) is 1. The fourth-order valence-electron chi connectivity index (χ4n) is 2.03. The van der Waals surface area contributed by atoms with Gasteiger partial charge in [-0.3, -0.25) is 14.4 Å². The predicted octanol–water partition coefficient (Wildman–Crippen LogP) is 0.134. The predicted molar refractivity (Wildman–Crippen MR) is 68.9 cm³/mol. The number of carboxylic acid groups (broad SMARTS) is 1. The quantitative estimate of drug-likeness (QED) is 0.723. The second kappa shape index (κ2) is 7.23. The first-order chi connectivity index (χ1) is 9.36. The zero-order chi connectivity index (χ0) is 15.3. The van der Waals surface area contributed by atoms with E-state index in [0.717, 1.165) is 0 Å². The molecule has 1 saturated heterocycles. The van der Waals surface area contributed by atoms with E-state index in [9.17, 15) is 14.4 Å². The van der Waals surface area contributed by atoms with E-state index in [1.54, 1.807) is 11.8 Å². The molecular formula is C13H21NO6. The number of carbonyl (C=O) groups is 3. The Morgan fingerprint density at radius 3 is 2.55 bits per heavy atom. The Hall–Kier alpha value is -1.63. The van der Waals surface area contributed by atoms with Crippen molar-refractivity contribution in [1.29, 1.82) is 0 Å². The summed E-state index contributed by atoms with van der Waals surface area (Å²) in [6.45, 7) is 4.14. The van der Waals surface area contributed by atoms with Gasteiger partial charge in [0.05, 0.1) is 32.2 Å². The van der Waals surface area contributed by atoms with Crippen molar-refractivity contribution in [3.8, 4) is 0 Å². The lowest BCUT2D eigenvalue weighted by atomic mass is 9.94. The lowest BCUT2D eigenvalue weighted by Gasteiger charge is -2.34. The van der Waals surface area contributed by atoms with Crippen LogP contribution in [-0.4, -0.2) is 60.8 Å². The third-order valence-electron chi connectivity index (χ3n) is 3.60. The number of nitrogens with zero attached hydrogens (tertiary/aromatic N) is 1. The van der Waals surface area contributed by atoms with Gasteiger partial charge in [-0.05, 0) is 0 Å². The number of carboxylic acids is 1. The number of carbonyl (C=O) groups excluding carboxylic acids is 2. The summed E-state index contributed by atoms with van der Waals surface area (Å²) in [7, 11) is 1.30. The van der Waals surface area contributed by atoms with Gasteiger partial charge in [-0.15, -0.1) is 0 Å². The van der Waals surface area contributed by atoms with E-state index in [1.807, 2.05) is 0 Å². The fourth-order valence-corrected chi connectivity index (χ4v) is 2.03. The summed E-state index contributed by atoms with van der Waals surface area (Å²) in [4.78, 5) is 35.9. The van der Waals surface area contributed by atoms with Crippen molar-refractivity contribution in [2.75, 3.05) is 26.8 Å². The monoisotopic (exact) mass is 287 g/mol. The lowest BCUT2D eigenvalue weighted by Crippen LogP contribution is -2.49. The van der Waals surface area contributed by atoms with Crippen LogP contribution in [-0.2, 0) is 23.9 Å². The minimum atomic E-state index is -0.995. The summed E-state index contributed by atoms with van der Waals surface area (Å²) in [5, 5.41) is 8.95. The van der Waals surface area contributed by atoms with Crippen molar-refractivity contribution in [3.05, 3.63) is 0 Å². The zero-order valence-corrected chi connectivity index (χ0v) is 12.0. The maximum Gasteiger partial charge on any atom is 0.308 e. The van der Waals surface area contributed by atoms with Gasteiger partial charge in [-0.1, -0.05) is 13.8 Å². The number of rotatable bonds is 5. The molecule has 0 saturated carbocycles. The van der Waals surface area contributed by atoms with Gasteiger partial charge in [0.15, 0.2) is 0 Å². The molecule has 0 bridgehead atoms. The summed E-state index contributed by atoms with van der Waals surface area (Å²) in [6, 6.07) is 0. The van der Waals surface area contributed by atoms with Crippen molar-refractivity contribution in [2.45, 2.75) is 26.4 Å². The van der Waals surface area contributed by atoms with Gasteiger partial charge in [0, 0.05) is 19.0 Å². The molecule has 7 nitrogen and oxygen atoms in total. The molecule has 3 atom stereocenters. The second-order valence-corrected chi connectivity index (χ2v) is 4.97. The molecule has 1 amide bonds. The molecule has 0 aliphatic carbocycles. The molecule has 0 radical (unpaired) electrons. The molecule has 7 heteroatoms. The van der Waals surface area contributed by atoms with E-state index in [4.69, 9.17) is 9.84 Å². The first kappa shape index (κ1) is 16.4. The number of ether oxygens (including phenoxy) is 2. The topological polar surface area (TPSA) is 93.1 Å². The highest BCUT2D eigenvalue weighted by Gasteiger charge is 2.33. The smallest absolute Gasteiger partial charge is 0.308 e. The SMILES string of the molecule is COC(=O)CC1CN(C(=O)C(C)C(C)C(=O)O)CCO1. The van der Waals surface area contributed by atoms with Crippen LogP contribution in [0.15, 0.2) is 0 Å². The van der Waals surface area contributed by atoms with E-state index < -0.39 is 29.9 Å². The molecular weight excluding hydrogens is 266 g/mol. The lowest BCUT2D eigenvalue weighted by molar-refractivity contribution is -0.155. The summed E-state index contributed by atoms with van der Waals surface area (Å²) >= 11 is 0. The average Bonchev–Trinajstić information content (AvgIpc) is 2.44. The van der Waals surface area contributed by atoms with E-state index in [1.165, 1.54) is 14.0 Å². The Bertz CT molecular complexity index is 383. The number of methoxy groups -OCH3 is 1. The maximum atomic E-state index is 12.2. The molecule has 1 rings (SSSR count). The Kier molecular flexibility index (Phi) is 5.94. The number of hydrogen-bond acceptors (Lipinski definition) is 5. The van der Waals surface area contributed by atoms with Crippen molar-refractivity contribution in [3.63, 3.8) is 0 Å². The zero-order valence-electron chi connectivity index (χ0n) is 12.0. The molecule has 0 spiro atoms. The minimum absolute atomic E-state index is 0.0865. The Balaban J connectivity index is 2.60. The summed E-state index contributed by atoms with van der Waals surface area (Å²) < 4.78 is 9.97. The second-order valence-electron chi connectivity index (χ2n) is 4.97. The number of aliphatic carboxylic acids is 1. The van der Waals surface area contributed by atoms with Crippen molar-refractivity contribution >= 4 is 17.8 Å². The Labute approximate surface area is 117 Å². The van der Waals surface area contributed by atoms with Gasteiger partial charge in [0.2, 0.25) is 5.91 Å². The van der Waals surface area contributed by atoms with Crippen molar-refractivity contribution in [1.82, 2.24) is 4.90 Å². The molecule has 1 aliphatic heterocycles. The fraction of sp³-hybridized carbons (Fsp3) is 0.769. The summed E-state index contributed by atoms with van der Waals surface area (Å²) in [5.41, 5.74) is 0. The van der Waals surface area contributed by atoms with Gasteiger partial charge >= 0.3 is 11.9 Å². The number of amides is 1. The third kappa shape index (κ3) is 4.19. The minimum Gasteiger partial charge on any atom is -0.481 e. The maximum absolute atomic E-state index is 12.2. The molecule has 114 valence electrons. The standard InChI is InChI=1S/C13H21NO6/c1-8(9(2)13(17)18)12(16)14-4-5-20-10(7-14)6-11(15)19-3/h8-10H,4-7H2,1-3H3,(H,17,18). The van der Waals surface area contributed by atoms with Gasteiger partial charge in [0.25, 0.3) is 0 Å². The first-order valence-corrected chi connectivity index (χ1v) is 6.56. The highest BCUT2D eigenvalue weighted by atomic mass is 16.5. The Morgan fingerprint density at radius 1 is 1.35 bits per heavy atom. The molecule has 0 aromatic rings. The summed E-state index contributed by atoms with van der Waals surface area (Å²) in [5.74, 6) is -2.96. The molecule has 1 heterocycles. The average molecular weight is 287 g/mol. The van der Waals surface area contributed by atoms with Crippen LogP contribution in [0, 0.1) is 11.8 Å². The molecule has 3 unspecified atom stereocenters. The molecule has 0 aromatic carbocycles. The highest BCUT2D eigenvalue weighted by Crippen LogP contribution is 2.18. The van der Waals surface area contributed by atoms with Crippen LogP contribution in [0.2, 0.25) is 0 Å². The van der Waals surface area contributed by atoms with Crippen LogP contribution < -0.4 is 0 Å². The van der Waals surface area contributed by atoms with E-state index >= 15 is 0 Å². The van der Waals surface area contributed by atoms with E-state index in [0.29, 0.717) is 13.2 Å². The first-order valence-electron chi connectivity index (χ1n) is 6.56. The molecule has 20 heavy (non-hydrogen) atoms. The molecule has 1 aliphatic rings. The highest BCUT2D eigenvalue weighted by molar-refractivity contribution is 5.84. The Morgan fingerprint density at radius 2 is 2.00 bits per heavy atom. The summed E-state index contributed by atoms with van der Waals surface area (Å²) in [6.07, 6.45) is -0.309. The van der Waals surface area contributed by atoms with Crippen molar-refractivity contribution in [2.24, 2.45) is 11.8 Å². The van der Waals surface area contributed by atoms with Gasteiger partial charge < -0.3 is 19.5 Å². The van der Waals surface area contributed by atoms with Crippen molar-refractivity contribution < 1.29 is 29.0 Å². The van der Waals surface area contributed by atoms with E-state index in [-0.39, 0.29) is 18.9 Å². The molecule has 1 N–H and O–H groups in total. The van der Waals surface area contributed by atoms with Crippen LogP contribution in [0.3, 0.4) is 0 Å². The third-order valence-corrected chi connectivity index (χ3v) is 3.60. The van der Waals surface area contributed by atoms with Crippen LogP contribution in [0.4, 0.5) is 0 Å². The van der Waals surface area contributed by atoms with Crippen LogP contribution in [0.1, 0.15) is 20.3 Å². The van der Waals surface area contributed by atoms with Crippen LogP contribution >= 0.6 is 0 Å². The van der Waals surface area contributed by atoms with Crippen LogP contribution in [0.5, 0.6) is 0 Å². The molecule has 1 fully saturated rings.